The van der Waals surface area contributed by atoms with Gasteiger partial charge in [-0.2, -0.15) is 0 Å². The zero-order chi connectivity index (χ0) is 20.2. The number of rotatable bonds is 7. The van der Waals surface area contributed by atoms with Gasteiger partial charge in [-0.15, -0.1) is 0 Å². The van der Waals surface area contributed by atoms with E-state index in [1.54, 1.807) is 31.2 Å². The lowest BCUT2D eigenvalue weighted by atomic mass is 10.0. The Labute approximate surface area is 164 Å². The number of hydrogen-bond acceptors (Lipinski definition) is 4. The molecule has 0 saturated carbocycles. The lowest BCUT2D eigenvalue weighted by molar-refractivity contribution is 0.190. The van der Waals surface area contributed by atoms with Crippen molar-refractivity contribution in [3.05, 3.63) is 65.7 Å². The average Bonchev–Trinajstić information content (AvgIpc) is 2.59. The summed E-state index contributed by atoms with van der Waals surface area (Å²) < 4.78 is 45.9. The van der Waals surface area contributed by atoms with Crippen LogP contribution in [0.2, 0.25) is 0 Å². The molecule has 0 heterocycles. The molecule has 0 aliphatic carbocycles. The van der Waals surface area contributed by atoms with Crippen molar-refractivity contribution in [3.63, 3.8) is 0 Å². The van der Waals surface area contributed by atoms with Crippen molar-refractivity contribution in [1.29, 1.82) is 0 Å². The Morgan fingerprint density at radius 3 is 2.07 bits per heavy atom. The third-order valence-corrected chi connectivity index (χ3v) is 6.90. The van der Waals surface area contributed by atoms with Crippen LogP contribution in [0.1, 0.15) is 44.9 Å². The summed E-state index contributed by atoms with van der Waals surface area (Å²) >= 11 is -1.60. The predicted octanol–water partition coefficient (Wildman–Crippen LogP) is 3.88. The fourth-order valence-corrected chi connectivity index (χ4v) is 4.40. The summed E-state index contributed by atoms with van der Waals surface area (Å²) in [7, 11) is -3.73. The number of sulfonamides is 1. The summed E-state index contributed by atoms with van der Waals surface area (Å²) in [5.41, 5.74) is 1.74. The first-order chi connectivity index (χ1) is 12.5. The fraction of sp³-hybridized carbons (Fsp3) is 0.400. The van der Waals surface area contributed by atoms with Crippen LogP contribution < -0.4 is 4.72 Å². The van der Waals surface area contributed by atoms with Crippen LogP contribution in [0.4, 0.5) is 0 Å². The molecule has 0 aliphatic heterocycles. The molecule has 0 radical (unpaired) electrons. The SMILES string of the molecule is Cc1ccc(S(=O)(=O)N[C@H](C)[C@@H](O[S@](=O)C(C)(C)C)c2ccccc2)cc1. The van der Waals surface area contributed by atoms with Crippen LogP contribution in [0, 0.1) is 6.92 Å². The molecule has 0 unspecified atom stereocenters. The number of nitrogens with one attached hydrogen (secondary N) is 1. The fourth-order valence-electron chi connectivity index (χ4n) is 2.40. The van der Waals surface area contributed by atoms with Gasteiger partial charge in [-0.25, -0.2) is 17.3 Å². The van der Waals surface area contributed by atoms with Crippen molar-refractivity contribution in [2.45, 2.75) is 56.4 Å². The molecule has 0 saturated heterocycles. The normalized spacial score (nSPS) is 15.9. The summed E-state index contributed by atoms with van der Waals surface area (Å²) in [4.78, 5) is 0.184. The second kappa shape index (κ2) is 8.65. The monoisotopic (exact) mass is 409 g/mol. The van der Waals surface area contributed by atoms with E-state index in [1.807, 2.05) is 58.0 Å². The number of benzene rings is 2. The lowest BCUT2D eigenvalue weighted by Gasteiger charge is -2.28. The highest BCUT2D eigenvalue weighted by Crippen LogP contribution is 2.27. The Morgan fingerprint density at radius 2 is 1.56 bits per heavy atom. The van der Waals surface area contributed by atoms with Crippen molar-refractivity contribution in [2.75, 3.05) is 0 Å². The maximum absolute atomic E-state index is 12.7. The maximum atomic E-state index is 12.7. The molecular weight excluding hydrogens is 382 g/mol. The molecule has 5 nitrogen and oxygen atoms in total. The summed E-state index contributed by atoms with van der Waals surface area (Å²) in [6.45, 7) is 9.04. The minimum Gasteiger partial charge on any atom is -0.280 e. The molecule has 1 N–H and O–H groups in total. The minimum atomic E-state index is -3.73. The summed E-state index contributed by atoms with van der Waals surface area (Å²) in [6.07, 6.45) is -0.688. The first-order valence-electron chi connectivity index (χ1n) is 8.73. The molecule has 0 aliphatic rings. The maximum Gasteiger partial charge on any atom is 0.240 e. The molecule has 148 valence electrons. The molecule has 0 fully saturated rings. The van der Waals surface area contributed by atoms with E-state index < -0.39 is 38.0 Å². The van der Waals surface area contributed by atoms with E-state index in [-0.39, 0.29) is 4.90 Å². The molecule has 7 heteroatoms. The third-order valence-electron chi connectivity index (χ3n) is 3.95. The van der Waals surface area contributed by atoms with Gasteiger partial charge in [0.05, 0.1) is 15.7 Å². The summed E-state index contributed by atoms with van der Waals surface area (Å²) in [5, 5.41) is 0. The van der Waals surface area contributed by atoms with Gasteiger partial charge in [0.1, 0.15) is 6.10 Å². The molecule has 0 spiro atoms. The van der Waals surface area contributed by atoms with Crippen molar-refractivity contribution in [1.82, 2.24) is 4.72 Å². The van der Waals surface area contributed by atoms with E-state index in [9.17, 15) is 12.6 Å². The highest BCUT2D eigenvalue weighted by Gasteiger charge is 2.31. The Morgan fingerprint density at radius 1 is 1.00 bits per heavy atom. The standard InChI is InChI=1S/C20H27NO4S2/c1-15-11-13-18(14-12-15)27(23,24)21-16(2)19(17-9-7-6-8-10-17)25-26(22)20(3,4)5/h6-14,16,19,21H,1-5H3/t16-,19-,26+/m1/s1. The Bertz CT molecular complexity index is 872. The molecular formula is C20H27NO4S2. The number of hydrogen-bond donors (Lipinski definition) is 1. The first kappa shape index (κ1) is 21.8. The van der Waals surface area contributed by atoms with Crippen LogP contribution >= 0.6 is 0 Å². The lowest BCUT2D eigenvalue weighted by Crippen LogP contribution is -2.39. The Balaban J connectivity index is 2.29. The molecule has 27 heavy (non-hydrogen) atoms. The smallest absolute Gasteiger partial charge is 0.240 e. The van der Waals surface area contributed by atoms with E-state index in [1.165, 1.54) is 0 Å². The van der Waals surface area contributed by atoms with Crippen molar-refractivity contribution >= 4 is 21.1 Å². The van der Waals surface area contributed by atoms with E-state index in [2.05, 4.69) is 4.72 Å². The van der Waals surface area contributed by atoms with E-state index in [0.717, 1.165) is 11.1 Å². The first-order valence-corrected chi connectivity index (χ1v) is 11.3. The van der Waals surface area contributed by atoms with Crippen molar-refractivity contribution in [2.24, 2.45) is 0 Å². The topological polar surface area (TPSA) is 72.5 Å². The van der Waals surface area contributed by atoms with Gasteiger partial charge in [-0.3, -0.25) is 4.18 Å². The zero-order valence-electron chi connectivity index (χ0n) is 16.3. The summed E-state index contributed by atoms with van der Waals surface area (Å²) in [6, 6.07) is 15.2. The molecule has 2 rings (SSSR count). The largest absolute Gasteiger partial charge is 0.280 e. The van der Waals surface area contributed by atoms with E-state index in [0.29, 0.717) is 0 Å². The zero-order valence-corrected chi connectivity index (χ0v) is 17.9. The van der Waals surface area contributed by atoms with Gasteiger partial charge < -0.3 is 0 Å². The van der Waals surface area contributed by atoms with Gasteiger partial charge in [0.25, 0.3) is 0 Å². The second-order valence-corrected chi connectivity index (χ2v) is 11.1. The number of aryl methyl sites for hydroxylation is 1. The van der Waals surface area contributed by atoms with Crippen LogP contribution in [0.5, 0.6) is 0 Å². The predicted molar refractivity (Wildman–Crippen MR) is 109 cm³/mol. The highest BCUT2D eigenvalue weighted by atomic mass is 32.2. The Kier molecular flexibility index (Phi) is 6.97. The molecule has 0 amide bonds. The summed E-state index contributed by atoms with van der Waals surface area (Å²) in [5.74, 6) is 0. The third kappa shape index (κ3) is 5.97. The van der Waals surface area contributed by atoms with Crippen molar-refractivity contribution in [3.8, 4) is 0 Å². The van der Waals surface area contributed by atoms with Crippen LogP contribution in [0.3, 0.4) is 0 Å². The molecule has 2 aromatic rings. The average molecular weight is 410 g/mol. The molecule has 0 aromatic heterocycles. The van der Waals surface area contributed by atoms with Crippen LogP contribution in [0.25, 0.3) is 0 Å². The van der Waals surface area contributed by atoms with Crippen LogP contribution in [0.15, 0.2) is 59.5 Å². The molecule has 2 aromatic carbocycles. The quantitative estimate of drug-likeness (QED) is 0.753. The van der Waals surface area contributed by atoms with Crippen LogP contribution in [-0.2, 0) is 25.3 Å². The van der Waals surface area contributed by atoms with E-state index >= 15 is 0 Å². The van der Waals surface area contributed by atoms with Gasteiger partial charge in [0, 0.05) is 0 Å². The van der Waals surface area contributed by atoms with Gasteiger partial charge in [0.15, 0.2) is 11.1 Å². The second-order valence-electron chi connectivity index (χ2n) is 7.50. The minimum absolute atomic E-state index is 0.184. The van der Waals surface area contributed by atoms with Gasteiger partial charge in [-0.05, 0) is 52.3 Å². The Hall–Kier alpha value is -1.54. The molecule has 0 bridgehead atoms. The van der Waals surface area contributed by atoms with Gasteiger partial charge in [0.2, 0.25) is 10.0 Å². The van der Waals surface area contributed by atoms with Gasteiger partial charge in [-0.1, -0.05) is 48.0 Å². The van der Waals surface area contributed by atoms with Crippen LogP contribution in [-0.4, -0.2) is 23.4 Å². The highest BCUT2D eigenvalue weighted by molar-refractivity contribution is 7.89. The molecule has 3 atom stereocenters. The van der Waals surface area contributed by atoms with Gasteiger partial charge >= 0.3 is 0 Å². The van der Waals surface area contributed by atoms with Crippen molar-refractivity contribution < 1.29 is 16.8 Å². The van der Waals surface area contributed by atoms with E-state index in [4.69, 9.17) is 4.18 Å².